The zero-order valence-corrected chi connectivity index (χ0v) is 22.3. The average Bonchev–Trinajstić information content (AvgIpc) is 3.08. The number of thioether (sulfide) groups is 1. The quantitative estimate of drug-likeness (QED) is 0.354. The Morgan fingerprint density at radius 1 is 1.08 bits per heavy atom. The van der Waals surface area contributed by atoms with Gasteiger partial charge in [0.2, 0.25) is 5.91 Å². The van der Waals surface area contributed by atoms with Crippen molar-refractivity contribution in [3.05, 3.63) is 50.8 Å². The van der Waals surface area contributed by atoms with E-state index in [1.807, 2.05) is 6.92 Å². The maximum absolute atomic E-state index is 13.1. The number of methoxy groups -OCH3 is 1. The minimum atomic E-state index is -4.64. The van der Waals surface area contributed by atoms with Gasteiger partial charge in [0.25, 0.3) is 11.1 Å². The molecular formula is C24H22BrF3N2O6S. The van der Waals surface area contributed by atoms with Crippen molar-refractivity contribution in [2.75, 3.05) is 32.2 Å². The molecule has 1 aliphatic rings. The number of nitrogens with one attached hydrogen (secondary N) is 1. The molecule has 0 saturated carbocycles. The van der Waals surface area contributed by atoms with Gasteiger partial charge in [-0.15, -0.1) is 0 Å². The lowest BCUT2D eigenvalue weighted by molar-refractivity contribution is -0.137. The van der Waals surface area contributed by atoms with Crippen LogP contribution in [0, 0.1) is 0 Å². The number of hydrogen-bond acceptors (Lipinski definition) is 7. The van der Waals surface area contributed by atoms with Crippen LogP contribution < -0.4 is 19.5 Å². The van der Waals surface area contributed by atoms with E-state index in [-0.39, 0.29) is 16.3 Å². The van der Waals surface area contributed by atoms with Gasteiger partial charge in [-0.3, -0.25) is 19.3 Å². The third-order valence-electron chi connectivity index (χ3n) is 4.93. The van der Waals surface area contributed by atoms with Crippen LogP contribution in [0.5, 0.6) is 17.2 Å². The first kappa shape index (κ1) is 28.4. The monoisotopic (exact) mass is 602 g/mol. The van der Waals surface area contributed by atoms with Crippen LogP contribution in [0.15, 0.2) is 39.7 Å². The first-order valence-corrected chi connectivity index (χ1v) is 12.5. The molecule has 0 radical (unpaired) electrons. The van der Waals surface area contributed by atoms with Gasteiger partial charge in [-0.25, -0.2) is 0 Å². The van der Waals surface area contributed by atoms with Crippen molar-refractivity contribution in [2.24, 2.45) is 0 Å². The summed E-state index contributed by atoms with van der Waals surface area (Å²) in [5.74, 6) is -0.651. The van der Waals surface area contributed by atoms with Gasteiger partial charge < -0.3 is 19.5 Å². The summed E-state index contributed by atoms with van der Waals surface area (Å²) in [6, 6.07) is 5.92. The van der Waals surface area contributed by atoms with Gasteiger partial charge in [-0.05, 0) is 71.9 Å². The summed E-state index contributed by atoms with van der Waals surface area (Å²) in [5.41, 5.74) is -0.740. The standard InChI is InChI=1S/C24H22BrF3N2O6S/c1-4-35-18-11-19(36-5-2)15(25)8-13(18)9-20-22(32)30(23(33)37-20)12-21(31)29-16-10-14(24(26,27)28)6-7-17(16)34-3/h6-11H,4-5,12H2,1-3H3,(H,29,31)/b20-9-. The molecule has 0 aromatic heterocycles. The van der Waals surface area contributed by atoms with Crippen molar-refractivity contribution < 1.29 is 41.8 Å². The van der Waals surface area contributed by atoms with E-state index < -0.39 is 35.3 Å². The Kier molecular flexibility index (Phi) is 9.13. The molecule has 2 aromatic carbocycles. The van der Waals surface area contributed by atoms with E-state index in [1.54, 1.807) is 19.1 Å². The van der Waals surface area contributed by atoms with Crippen LogP contribution in [0.3, 0.4) is 0 Å². The van der Waals surface area contributed by atoms with Crippen molar-refractivity contribution in [1.29, 1.82) is 0 Å². The maximum Gasteiger partial charge on any atom is 0.416 e. The highest BCUT2D eigenvalue weighted by atomic mass is 79.9. The van der Waals surface area contributed by atoms with Crippen LogP contribution in [-0.2, 0) is 15.8 Å². The molecule has 3 amide bonds. The molecule has 0 aliphatic carbocycles. The number of carbonyl (C=O) groups excluding carboxylic acids is 3. The second kappa shape index (κ2) is 11.9. The first-order chi connectivity index (χ1) is 17.5. The van der Waals surface area contributed by atoms with Crippen molar-refractivity contribution in [3.63, 3.8) is 0 Å². The Bertz CT molecular complexity index is 1250. The smallest absolute Gasteiger partial charge is 0.416 e. The molecule has 37 heavy (non-hydrogen) atoms. The molecule has 1 aliphatic heterocycles. The Hall–Kier alpha value is -3.19. The van der Waals surface area contributed by atoms with Gasteiger partial charge in [0.1, 0.15) is 23.8 Å². The van der Waals surface area contributed by atoms with Gasteiger partial charge in [-0.2, -0.15) is 13.2 Å². The van der Waals surface area contributed by atoms with Crippen LogP contribution in [-0.4, -0.2) is 48.8 Å². The predicted octanol–water partition coefficient (Wildman–Crippen LogP) is 5.95. The molecule has 1 saturated heterocycles. The van der Waals surface area contributed by atoms with Crippen molar-refractivity contribution in [1.82, 2.24) is 4.90 Å². The first-order valence-electron chi connectivity index (χ1n) is 10.9. The summed E-state index contributed by atoms with van der Waals surface area (Å²) in [6.45, 7) is 3.69. The van der Waals surface area contributed by atoms with Gasteiger partial charge >= 0.3 is 6.18 Å². The fourth-order valence-corrected chi connectivity index (χ4v) is 4.61. The highest BCUT2D eigenvalue weighted by Crippen LogP contribution is 2.39. The SMILES string of the molecule is CCOc1cc(OCC)c(/C=C2\SC(=O)N(CC(=O)Nc3cc(C(F)(F)F)ccc3OC)C2=O)cc1Br. The molecule has 0 unspecified atom stereocenters. The Balaban J connectivity index is 1.81. The van der Waals surface area contributed by atoms with Crippen LogP contribution in [0.1, 0.15) is 25.0 Å². The number of ether oxygens (including phenoxy) is 3. The molecule has 0 atom stereocenters. The molecular weight excluding hydrogens is 581 g/mol. The fraction of sp³-hybridized carbons (Fsp3) is 0.292. The number of imide groups is 1. The summed E-state index contributed by atoms with van der Waals surface area (Å²) in [6.07, 6.45) is -3.18. The molecule has 8 nitrogen and oxygen atoms in total. The number of amides is 3. The second-order valence-corrected chi connectivity index (χ2v) is 9.26. The Morgan fingerprint density at radius 3 is 2.38 bits per heavy atom. The van der Waals surface area contributed by atoms with E-state index in [2.05, 4.69) is 21.2 Å². The molecule has 1 N–H and O–H groups in total. The topological polar surface area (TPSA) is 94.2 Å². The Labute approximate surface area is 223 Å². The molecule has 1 fully saturated rings. The molecule has 0 spiro atoms. The van der Waals surface area contributed by atoms with Crippen molar-refractivity contribution >= 4 is 56.5 Å². The number of nitrogens with zero attached hydrogens (tertiary/aromatic N) is 1. The van der Waals surface area contributed by atoms with Crippen molar-refractivity contribution in [2.45, 2.75) is 20.0 Å². The maximum atomic E-state index is 13.1. The summed E-state index contributed by atoms with van der Waals surface area (Å²) in [5, 5.41) is 1.58. The van der Waals surface area contributed by atoms with Crippen LogP contribution in [0.2, 0.25) is 0 Å². The fourth-order valence-electron chi connectivity index (χ4n) is 3.30. The average molecular weight is 603 g/mol. The number of hydrogen-bond donors (Lipinski definition) is 1. The van der Waals surface area contributed by atoms with Crippen molar-refractivity contribution in [3.8, 4) is 17.2 Å². The van der Waals surface area contributed by atoms with E-state index in [0.29, 0.717) is 57.5 Å². The molecule has 198 valence electrons. The van der Waals surface area contributed by atoms with Gasteiger partial charge in [0.15, 0.2) is 0 Å². The number of halogens is 4. The highest BCUT2D eigenvalue weighted by molar-refractivity contribution is 9.10. The van der Waals surface area contributed by atoms with Crippen LogP contribution in [0.25, 0.3) is 6.08 Å². The third-order valence-corrected chi connectivity index (χ3v) is 6.45. The molecule has 3 rings (SSSR count). The lowest BCUT2D eigenvalue weighted by atomic mass is 10.1. The largest absolute Gasteiger partial charge is 0.495 e. The summed E-state index contributed by atoms with van der Waals surface area (Å²) < 4.78 is 56.0. The minimum absolute atomic E-state index is 0.0140. The number of anilines is 1. The number of alkyl halides is 3. The van der Waals surface area contributed by atoms with Gasteiger partial charge in [0, 0.05) is 11.6 Å². The predicted molar refractivity (Wildman–Crippen MR) is 136 cm³/mol. The molecule has 2 aromatic rings. The van der Waals surface area contributed by atoms with E-state index in [1.165, 1.54) is 13.2 Å². The molecule has 0 bridgehead atoms. The third kappa shape index (κ3) is 6.77. The van der Waals surface area contributed by atoms with E-state index in [0.717, 1.165) is 12.1 Å². The van der Waals surface area contributed by atoms with Gasteiger partial charge in [-0.1, -0.05) is 0 Å². The lowest BCUT2D eigenvalue weighted by Gasteiger charge is -2.16. The zero-order chi connectivity index (χ0) is 27.3. The van der Waals surface area contributed by atoms with E-state index in [9.17, 15) is 27.6 Å². The minimum Gasteiger partial charge on any atom is -0.495 e. The van der Waals surface area contributed by atoms with E-state index >= 15 is 0 Å². The summed E-state index contributed by atoms with van der Waals surface area (Å²) in [7, 11) is 1.23. The summed E-state index contributed by atoms with van der Waals surface area (Å²) in [4.78, 5) is 38.8. The van der Waals surface area contributed by atoms with Gasteiger partial charge in [0.05, 0.1) is 41.0 Å². The number of carbonyl (C=O) groups is 3. The number of rotatable bonds is 9. The zero-order valence-electron chi connectivity index (χ0n) is 19.9. The van der Waals surface area contributed by atoms with Crippen LogP contribution >= 0.6 is 27.7 Å². The number of benzene rings is 2. The lowest BCUT2D eigenvalue weighted by Crippen LogP contribution is -2.36. The summed E-state index contributed by atoms with van der Waals surface area (Å²) >= 11 is 4.03. The normalized spacial score (nSPS) is 14.8. The second-order valence-electron chi connectivity index (χ2n) is 7.42. The Morgan fingerprint density at radius 2 is 1.76 bits per heavy atom. The van der Waals surface area contributed by atoms with Crippen LogP contribution in [0.4, 0.5) is 23.7 Å². The highest BCUT2D eigenvalue weighted by Gasteiger charge is 2.37. The molecule has 1 heterocycles. The molecule has 13 heteroatoms. The van der Waals surface area contributed by atoms with E-state index in [4.69, 9.17) is 14.2 Å².